The van der Waals surface area contributed by atoms with Crippen LogP contribution in [0, 0.1) is 22.7 Å². The molecule has 0 unspecified atom stereocenters. The summed E-state index contributed by atoms with van der Waals surface area (Å²) >= 11 is 0. The first-order chi connectivity index (χ1) is 7.18. The molecule has 2 rings (SSSR count). The highest BCUT2D eigenvalue weighted by atomic mass is 16.5. The van der Waals surface area contributed by atoms with Crippen molar-refractivity contribution in [2.24, 2.45) is 11.3 Å². The molecular weight excluding hydrogens is 192 g/mol. The molecule has 1 amide bonds. The van der Waals surface area contributed by atoms with Crippen molar-refractivity contribution in [3.63, 3.8) is 0 Å². The van der Waals surface area contributed by atoms with Gasteiger partial charge >= 0.3 is 0 Å². The predicted molar refractivity (Wildman–Crippen MR) is 53.8 cm³/mol. The van der Waals surface area contributed by atoms with Gasteiger partial charge in [-0.25, -0.2) is 0 Å². The van der Waals surface area contributed by atoms with Crippen LogP contribution < -0.4 is 0 Å². The summed E-state index contributed by atoms with van der Waals surface area (Å²) < 4.78 is 4.99. The van der Waals surface area contributed by atoms with Crippen molar-refractivity contribution in [3.8, 4) is 6.07 Å². The van der Waals surface area contributed by atoms with Gasteiger partial charge in [0.05, 0.1) is 19.3 Å². The number of hydrogen-bond donors (Lipinski definition) is 0. The number of rotatable bonds is 1. The number of nitriles is 1. The second kappa shape index (κ2) is 3.82. The number of ether oxygens (including phenoxy) is 1. The summed E-state index contributed by atoms with van der Waals surface area (Å²) in [6.07, 6.45) is 2.10. The van der Waals surface area contributed by atoms with E-state index in [9.17, 15) is 4.79 Å². The molecule has 4 heteroatoms. The van der Waals surface area contributed by atoms with Gasteiger partial charge in [-0.15, -0.1) is 0 Å². The van der Waals surface area contributed by atoms with Gasteiger partial charge in [0.15, 0.2) is 5.41 Å². The Hall–Kier alpha value is -1.08. The van der Waals surface area contributed by atoms with Crippen molar-refractivity contribution in [3.05, 3.63) is 0 Å². The molecule has 2 aliphatic heterocycles. The Kier molecular flexibility index (Phi) is 2.66. The zero-order valence-corrected chi connectivity index (χ0v) is 9.03. The first-order valence-electron chi connectivity index (χ1n) is 5.46. The molecule has 82 valence electrons. The summed E-state index contributed by atoms with van der Waals surface area (Å²) in [7, 11) is 0. The molecule has 0 N–H and O–H groups in total. The number of amides is 1. The van der Waals surface area contributed by atoms with E-state index in [0.29, 0.717) is 5.92 Å². The summed E-state index contributed by atoms with van der Waals surface area (Å²) in [5, 5.41) is 9.01. The second-order valence-corrected chi connectivity index (χ2v) is 4.66. The van der Waals surface area contributed by atoms with Crippen LogP contribution in [0.3, 0.4) is 0 Å². The van der Waals surface area contributed by atoms with Crippen LogP contribution in [0.1, 0.15) is 19.8 Å². The van der Waals surface area contributed by atoms with Gasteiger partial charge in [-0.2, -0.15) is 5.26 Å². The van der Waals surface area contributed by atoms with Crippen molar-refractivity contribution in [2.45, 2.75) is 19.8 Å². The minimum Gasteiger partial charge on any atom is -0.377 e. The Morgan fingerprint density at radius 1 is 1.47 bits per heavy atom. The van der Waals surface area contributed by atoms with E-state index in [4.69, 9.17) is 10.00 Å². The molecule has 0 aromatic heterocycles. The monoisotopic (exact) mass is 208 g/mol. The van der Waals surface area contributed by atoms with E-state index < -0.39 is 5.41 Å². The maximum absolute atomic E-state index is 12.1. The topological polar surface area (TPSA) is 53.3 Å². The molecule has 0 spiro atoms. The summed E-state index contributed by atoms with van der Waals surface area (Å²) in [4.78, 5) is 13.9. The zero-order valence-electron chi connectivity index (χ0n) is 9.03. The first kappa shape index (κ1) is 10.4. The fraction of sp³-hybridized carbons (Fsp3) is 0.818. The Labute approximate surface area is 89.8 Å². The summed E-state index contributed by atoms with van der Waals surface area (Å²) in [5.74, 6) is 0.674. The van der Waals surface area contributed by atoms with Crippen LogP contribution in [0.5, 0.6) is 0 Å². The maximum Gasteiger partial charge on any atom is 0.247 e. The number of carbonyl (C=O) groups excluding carboxylic acids is 1. The Bertz CT molecular complexity index is 296. The van der Waals surface area contributed by atoms with E-state index in [1.165, 1.54) is 0 Å². The highest BCUT2D eigenvalue weighted by Crippen LogP contribution is 2.30. The molecular formula is C11H16N2O2. The van der Waals surface area contributed by atoms with Gasteiger partial charge in [-0.05, 0) is 18.8 Å². The van der Waals surface area contributed by atoms with Crippen molar-refractivity contribution >= 4 is 5.91 Å². The van der Waals surface area contributed by atoms with E-state index in [1.807, 2.05) is 4.90 Å². The van der Waals surface area contributed by atoms with E-state index >= 15 is 0 Å². The smallest absolute Gasteiger partial charge is 0.247 e. The van der Waals surface area contributed by atoms with Crippen molar-refractivity contribution in [2.75, 3.05) is 26.3 Å². The van der Waals surface area contributed by atoms with Gasteiger partial charge in [0.25, 0.3) is 0 Å². The molecule has 4 nitrogen and oxygen atoms in total. The van der Waals surface area contributed by atoms with E-state index in [-0.39, 0.29) is 19.1 Å². The summed E-state index contributed by atoms with van der Waals surface area (Å²) in [6, 6.07) is 2.11. The Balaban J connectivity index is 1.99. The van der Waals surface area contributed by atoms with Crippen LogP contribution in [-0.2, 0) is 9.53 Å². The first-order valence-corrected chi connectivity index (χ1v) is 5.46. The average molecular weight is 208 g/mol. The number of carbonyl (C=O) groups is 1. The number of piperidine rings is 1. The van der Waals surface area contributed by atoms with E-state index in [0.717, 1.165) is 25.9 Å². The molecule has 2 saturated heterocycles. The second-order valence-electron chi connectivity index (χ2n) is 4.66. The molecule has 0 atom stereocenters. The van der Waals surface area contributed by atoms with Gasteiger partial charge in [-0.1, -0.05) is 6.92 Å². The molecule has 0 bridgehead atoms. The lowest BCUT2D eigenvalue weighted by atomic mass is 9.85. The fourth-order valence-corrected chi connectivity index (χ4v) is 2.06. The third-order valence-corrected chi connectivity index (χ3v) is 3.39. The SMILES string of the molecule is CC1CCN(C(=O)C2(C#N)COC2)CC1. The van der Waals surface area contributed by atoms with E-state index in [2.05, 4.69) is 13.0 Å². The van der Waals surface area contributed by atoms with Crippen molar-refractivity contribution in [1.82, 2.24) is 4.90 Å². The average Bonchev–Trinajstić information content (AvgIpc) is 2.18. The van der Waals surface area contributed by atoms with Crippen LogP contribution in [0.15, 0.2) is 0 Å². The number of hydrogen-bond acceptors (Lipinski definition) is 3. The van der Waals surface area contributed by atoms with Gasteiger partial charge in [0.2, 0.25) is 5.91 Å². The molecule has 2 fully saturated rings. The lowest BCUT2D eigenvalue weighted by molar-refractivity contribution is -0.162. The number of nitrogens with zero attached hydrogens (tertiary/aromatic N) is 2. The zero-order chi connectivity index (χ0) is 10.9. The van der Waals surface area contributed by atoms with Gasteiger partial charge in [-0.3, -0.25) is 4.79 Å². The van der Waals surface area contributed by atoms with Gasteiger partial charge in [0, 0.05) is 13.1 Å². The largest absolute Gasteiger partial charge is 0.377 e. The minimum absolute atomic E-state index is 0.0249. The summed E-state index contributed by atoms with van der Waals surface area (Å²) in [6.45, 7) is 4.34. The van der Waals surface area contributed by atoms with Crippen molar-refractivity contribution < 1.29 is 9.53 Å². The Morgan fingerprint density at radius 3 is 2.47 bits per heavy atom. The van der Waals surface area contributed by atoms with Gasteiger partial charge in [0.1, 0.15) is 0 Å². The van der Waals surface area contributed by atoms with E-state index in [1.54, 1.807) is 0 Å². The Morgan fingerprint density at radius 2 is 2.07 bits per heavy atom. The lowest BCUT2D eigenvalue weighted by Crippen LogP contribution is -2.55. The van der Waals surface area contributed by atoms with Crippen LogP contribution in [0.2, 0.25) is 0 Å². The van der Waals surface area contributed by atoms with Crippen LogP contribution in [0.25, 0.3) is 0 Å². The lowest BCUT2D eigenvalue weighted by Gasteiger charge is -2.40. The fourth-order valence-electron chi connectivity index (χ4n) is 2.06. The van der Waals surface area contributed by atoms with Gasteiger partial charge < -0.3 is 9.64 Å². The highest BCUT2D eigenvalue weighted by molar-refractivity contribution is 5.86. The minimum atomic E-state index is -0.861. The third kappa shape index (κ3) is 1.72. The maximum atomic E-state index is 12.1. The molecule has 0 aromatic carbocycles. The molecule has 0 aromatic rings. The molecule has 0 radical (unpaired) electrons. The molecule has 0 aliphatic carbocycles. The third-order valence-electron chi connectivity index (χ3n) is 3.39. The standard InChI is InChI=1S/C11H16N2O2/c1-9-2-4-13(5-3-9)10(14)11(6-12)7-15-8-11/h9H,2-5,7-8H2,1H3. The normalized spacial score (nSPS) is 25.5. The van der Waals surface area contributed by atoms with Crippen LogP contribution >= 0.6 is 0 Å². The molecule has 0 saturated carbocycles. The molecule has 15 heavy (non-hydrogen) atoms. The van der Waals surface area contributed by atoms with Crippen LogP contribution in [0.4, 0.5) is 0 Å². The number of likely N-dealkylation sites (tertiary alicyclic amines) is 1. The predicted octanol–water partition coefficient (Wildman–Crippen LogP) is 0.785. The molecule has 2 aliphatic rings. The quantitative estimate of drug-likeness (QED) is 0.640. The van der Waals surface area contributed by atoms with Crippen molar-refractivity contribution in [1.29, 1.82) is 5.26 Å². The molecule has 2 heterocycles. The highest BCUT2D eigenvalue weighted by Gasteiger charge is 2.48. The van der Waals surface area contributed by atoms with Crippen LogP contribution in [-0.4, -0.2) is 37.1 Å². The summed E-state index contributed by atoms with van der Waals surface area (Å²) in [5.41, 5.74) is -0.861.